The summed E-state index contributed by atoms with van der Waals surface area (Å²) < 4.78 is 11.7. The Morgan fingerprint density at radius 2 is 1.70 bits per heavy atom. The molecule has 1 aromatic carbocycles. The van der Waals surface area contributed by atoms with Crippen molar-refractivity contribution in [1.29, 1.82) is 0 Å². The van der Waals surface area contributed by atoms with Crippen molar-refractivity contribution in [1.82, 2.24) is 5.32 Å². The predicted molar refractivity (Wildman–Crippen MR) is 81.0 cm³/mol. The lowest BCUT2D eigenvalue weighted by Gasteiger charge is -2.27. The molecule has 0 atom stereocenters. The maximum atomic E-state index is 5.87. The van der Waals surface area contributed by atoms with E-state index in [2.05, 4.69) is 31.3 Å². The lowest BCUT2D eigenvalue weighted by molar-refractivity contribution is 0.296. The van der Waals surface area contributed by atoms with Gasteiger partial charge in [0.1, 0.15) is 0 Å². The van der Waals surface area contributed by atoms with Crippen molar-refractivity contribution in [3.05, 3.63) is 23.3 Å². The van der Waals surface area contributed by atoms with Crippen molar-refractivity contribution < 1.29 is 9.47 Å². The normalized spacial score (nSPS) is 19.9. The first-order valence-corrected chi connectivity index (χ1v) is 7.90. The van der Waals surface area contributed by atoms with Crippen molar-refractivity contribution in [2.24, 2.45) is 0 Å². The van der Waals surface area contributed by atoms with Crippen LogP contribution in [0.3, 0.4) is 0 Å². The number of ether oxygens (including phenoxy) is 2. The fraction of sp³-hybridized carbons (Fsp3) is 0.647. The number of fused-ring (bicyclic) bond motifs is 1. The van der Waals surface area contributed by atoms with Gasteiger partial charge in [0, 0.05) is 6.42 Å². The zero-order valence-corrected chi connectivity index (χ0v) is 12.6. The molecule has 3 nitrogen and oxygen atoms in total. The third-order valence-corrected chi connectivity index (χ3v) is 4.35. The van der Waals surface area contributed by atoms with Gasteiger partial charge < -0.3 is 14.8 Å². The van der Waals surface area contributed by atoms with E-state index >= 15 is 0 Å². The van der Waals surface area contributed by atoms with E-state index in [1.807, 2.05) is 0 Å². The topological polar surface area (TPSA) is 30.5 Å². The van der Waals surface area contributed by atoms with Gasteiger partial charge in [-0.05, 0) is 61.0 Å². The molecule has 2 aliphatic rings. The number of nitrogens with one attached hydrogen (secondary N) is 1. The number of rotatable bonds is 2. The molecule has 0 spiro atoms. The summed E-state index contributed by atoms with van der Waals surface area (Å²) in [5.74, 6) is 3.06. The maximum Gasteiger partial charge on any atom is 0.161 e. The molecular formula is C17H25NO2. The first-order valence-electron chi connectivity index (χ1n) is 7.90. The molecule has 0 amide bonds. The van der Waals surface area contributed by atoms with Crippen LogP contribution < -0.4 is 14.8 Å². The molecule has 0 radical (unpaired) electrons. The average Bonchev–Trinajstić information content (AvgIpc) is 2.71. The lowest BCUT2D eigenvalue weighted by Crippen LogP contribution is -2.27. The van der Waals surface area contributed by atoms with Crippen LogP contribution >= 0.6 is 0 Å². The molecule has 2 aliphatic heterocycles. The molecule has 0 aliphatic carbocycles. The van der Waals surface area contributed by atoms with Crippen molar-refractivity contribution in [3.8, 4) is 11.5 Å². The van der Waals surface area contributed by atoms with Crippen molar-refractivity contribution in [3.63, 3.8) is 0 Å². The van der Waals surface area contributed by atoms with Crippen molar-refractivity contribution >= 4 is 0 Å². The van der Waals surface area contributed by atoms with E-state index in [0.717, 1.165) is 44.2 Å². The van der Waals surface area contributed by atoms with Gasteiger partial charge in [-0.1, -0.05) is 13.8 Å². The molecule has 0 aromatic heterocycles. The van der Waals surface area contributed by atoms with E-state index in [0.29, 0.717) is 11.8 Å². The molecule has 3 rings (SSSR count). The zero-order valence-electron chi connectivity index (χ0n) is 12.6. The van der Waals surface area contributed by atoms with Gasteiger partial charge in [-0.25, -0.2) is 0 Å². The summed E-state index contributed by atoms with van der Waals surface area (Å²) in [6, 6.07) is 4.48. The molecule has 20 heavy (non-hydrogen) atoms. The molecule has 1 N–H and O–H groups in total. The SMILES string of the molecule is CC(C)c1cc2c(cc1C1CCNCC1)OCCCO2. The van der Waals surface area contributed by atoms with Crippen molar-refractivity contribution in [2.75, 3.05) is 26.3 Å². The number of hydrogen-bond acceptors (Lipinski definition) is 3. The van der Waals surface area contributed by atoms with E-state index in [1.165, 1.54) is 24.0 Å². The Kier molecular flexibility index (Phi) is 4.16. The van der Waals surface area contributed by atoms with Crippen LogP contribution in [0.1, 0.15) is 56.1 Å². The smallest absolute Gasteiger partial charge is 0.161 e. The summed E-state index contributed by atoms with van der Waals surface area (Å²) in [5.41, 5.74) is 2.91. The van der Waals surface area contributed by atoms with Gasteiger partial charge >= 0.3 is 0 Å². The van der Waals surface area contributed by atoms with E-state index in [4.69, 9.17) is 9.47 Å². The maximum absolute atomic E-state index is 5.87. The highest BCUT2D eigenvalue weighted by atomic mass is 16.5. The average molecular weight is 275 g/mol. The number of benzene rings is 1. The van der Waals surface area contributed by atoms with Crippen LogP contribution in [0.5, 0.6) is 11.5 Å². The highest BCUT2D eigenvalue weighted by Gasteiger charge is 2.23. The highest BCUT2D eigenvalue weighted by Crippen LogP contribution is 2.40. The van der Waals surface area contributed by atoms with Crippen LogP contribution in [-0.2, 0) is 0 Å². The first-order chi connectivity index (χ1) is 9.75. The molecule has 2 heterocycles. The van der Waals surface area contributed by atoms with E-state index in [1.54, 1.807) is 0 Å². The molecule has 0 unspecified atom stereocenters. The standard InChI is InChI=1S/C17H25NO2/c1-12(2)14-10-16-17(20-9-3-8-19-16)11-15(14)13-4-6-18-7-5-13/h10-13,18H,3-9H2,1-2H3. The van der Waals surface area contributed by atoms with Gasteiger partial charge in [0.2, 0.25) is 0 Å². The first kappa shape index (κ1) is 13.7. The van der Waals surface area contributed by atoms with Gasteiger partial charge in [0.05, 0.1) is 13.2 Å². The monoisotopic (exact) mass is 275 g/mol. The Balaban J connectivity index is 1.99. The van der Waals surface area contributed by atoms with Crippen molar-refractivity contribution in [2.45, 2.75) is 44.9 Å². The van der Waals surface area contributed by atoms with Crippen LogP contribution in [0, 0.1) is 0 Å². The summed E-state index contributed by atoms with van der Waals surface area (Å²) in [6.45, 7) is 8.30. The number of piperidine rings is 1. The summed E-state index contributed by atoms with van der Waals surface area (Å²) in [4.78, 5) is 0. The highest BCUT2D eigenvalue weighted by molar-refractivity contribution is 5.50. The summed E-state index contributed by atoms with van der Waals surface area (Å²) in [7, 11) is 0. The lowest BCUT2D eigenvalue weighted by atomic mass is 9.83. The minimum atomic E-state index is 0.525. The molecule has 110 valence electrons. The summed E-state index contributed by atoms with van der Waals surface area (Å²) >= 11 is 0. The Bertz CT molecular complexity index is 464. The summed E-state index contributed by atoms with van der Waals surface area (Å²) in [5, 5.41) is 3.45. The molecule has 1 fully saturated rings. The predicted octanol–water partition coefficient (Wildman–Crippen LogP) is 3.44. The van der Waals surface area contributed by atoms with Crippen LogP contribution in [0.25, 0.3) is 0 Å². The number of hydrogen-bond donors (Lipinski definition) is 1. The largest absolute Gasteiger partial charge is 0.490 e. The van der Waals surface area contributed by atoms with Gasteiger partial charge in [0.15, 0.2) is 11.5 Å². The van der Waals surface area contributed by atoms with Gasteiger partial charge in [-0.3, -0.25) is 0 Å². The molecular weight excluding hydrogens is 250 g/mol. The second kappa shape index (κ2) is 6.04. The van der Waals surface area contributed by atoms with Crippen LogP contribution in [0.2, 0.25) is 0 Å². The Labute approximate surface area is 121 Å². The molecule has 0 saturated carbocycles. The molecule has 1 aromatic rings. The van der Waals surface area contributed by atoms with Crippen LogP contribution in [0.15, 0.2) is 12.1 Å². The van der Waals surface area contributed by atoms with E-state index < -0.39 is 0 Å². The molecule has 1 saturated heterocycles. The third-order valence-electron chi connectivity index (χ3n) is 4.35. The fourth-order valence-corrected chi connectivity index (χ4v) is 3.23. The third kappa shape index (κ3) is 2.78. The minimum Gasteiger partial charge on any atom is -0.490 e. The van der Waals surface area contributed by atoms with Crippen LogP contribution in [0.4, 0.5) is 0 Å². The quantitative estimate of drug-likeness (QED) is 0.897. The summed E-state index contributed by atoms with van der Waals surface area (Å²) in [6.07, 6.45) is 3.41. The second-order valence-electron chi connectivity index (χ2n) is 6.16. The minimum absolute atomic E-state index is 0.525. The van der Waals surface area contributed by atoms with E-state index in [-0.39, 0.29) is 0 Å². The second-order valence-corrected chi connectivity index (χ2v) is 6.16. The Hall–Kier alpha value is -1.22. The van der Waals surface area contributed by atoms with E-state index in [9.17, 15) is 0 Å². The molecule has 0 bridgehead atoms. The Morgan fingerprint density at radius 3 is 2.35 bits per heavy atom. The van der Waals surface area contributed by atoms with Gasteiger partial charge in [-0.15, -0.1) is 0 Å². The molecule has 3 heteroatoms. The van der Waals surface area contributed by atoms with Gasteiger partial charge in [-0.2, -0.15) is 0 Å². The van der Waals surface area contributed by atoms with Crippen LogP contribution in [-0.4, -0.2) is 26.3 Å². The zero-order chi connectivity index (χ0) is 13.9. The van der Waals surface area contributed by atoms with Gasteiger partial charge in [0.25, 0.3) is 0 Å². The Morgan fingerprint density at radius 1 is 1.05 bits per heavy atom. The fourth-order valence-electron chi connectivity index (χ4n) is 3.23.